The molecule has 0 N–H and O–H groups in total. The second-order valence-electron chi connectivity index (χ2n) is 2.25. The van der Waals surface area contributed by atoms with Gasteiger partial charge in [-0.25, -0.2) is 0 Å². The van der Waals surface area contributed by atoms with Crippen LogP contribution in [0.2, 0.25) is 0 Å². The van der Waals surface area contributed by atoms with Gasteiger partial charge < -0.3 is 0 Å². The van der Waals surface area contributed by atoms with Gasteiger partial charge in [-0.3, -0.25) is 0 Å². The van der Waals surface area contributed by atoms with Crippen LogP contribution in [0.25, 0.3) is 0 Å². The number of rotatable bonds is 3. The number of hydrogen-bond acceptors (Lipinski definition) is 0. The minimum atomic E-state index is 1.17. The summed E-state index contributed by atoms with van der Waals surface area (Å²) in [6.45, 7) is 17.4. The molecule has 0 amide bonds. The fourth-order valence-corrected chi connectivity index (χ4v) is 0.611. The van der Waals surface area contributed by atoms with E-state index in [0.29, 0.717) is 0 Å². The molecule has 66 valence electrons. The van der Waals surface area contributed by atoms with Gasteiger partial charge in [0.25, 0.3) is 0 Å². The van der Waals surface area contributed by atoms with E-state index in [0.717, 1.165) is 0 Å². The van der Waals surface area contributed by atoms with Crippen LogP contribution in [0, 0.1) is 0 Å². The molecule has 0 rings (SSSR count). The van der Waals surface area contributed by atoms with Gasteiger partial charge in [0.1, 0.15) is 0 Å². The maximum Gasteiger partial charge on any atom is -0.0276 e. The summed E-state index contributed by atoms with van der Waals surface area (Å²) in [4.78, 5) is 0. The minimum absolute atomic E-state index is 1.17. The van der Waals surface area contributed by atoms with Crippen molar-refractivity contribution in [3.8, 4) is 0 Å². The van der Waals surface area contributed by atoms with Gasteiger partial charge in [0.05, 0.1) is 0 Å². The van der Waals surface area contributed by atoms with Gasteiger partial charge in [0.15, 0.2) is 0 Å². The van der Waals surface area contributed by atoms with Gasteiger partial charge in [0.2, 0.25) is 0 Å². The van der Waals surface area contributed by atoms with Crippen LogP contribution in [0.5, 0.6) is 0 Å². The van der Waals surface area contributed by atoms with Crippen LogP contribution in [-0.2, 0) is 0 Å². The molecule has 0 aromatic heterocycles. The fourth-order valence-electron chi connectivity index (χ4n) is 0.611. The fraction of sp³-hybridized carbons (Fsp3) is 0.167. The summed E-state index contributed by atoms with van der Waals surface area (Å²) in [6.07, 6.45) is 7.50. The molecule has 12 heavy (non-hydrogen) atoms. The van der Waals surface area contributed by atoms with Crippen LogP contribution in [0.4, 0.5) is 0 Å². The molecule has 0 saturated heterocycles. The smallest absolute Gasteiger partial charge is 0.0276 e. The van der Waals surface area contributed by atoms with Crippen LogP contribution in [0.3, 0.4) is 0 Å². The number of hydrogen-bond donors (Lipinski definition) is 0. The Kier molecular flexibility index (Phi) is 10.8. The van der Waals surface area contributed by atoms with Crippen LogP contribution in [0.1, 0.15) is 13.8 Å². The zero-order chi connectivity index (χ0) is 9.98. The Labute approximate surface area is 76.3 Å². The Balaban J connectivity index is 0. The zero-order valence-corrected chi connectivity index (χ0v) is 8.14. The van der Waals surface area contributed by atoms with Crippen molar-refractivity contribution in [3.63, 3.8) is 0 Å². The maximum atomic E-state index is 3.69. The van der Waals surface area contributed by atoms with Crippen LogP contribution >= 0.6 is 0 Å². The molecule has 0 aromatic rings. The molecule has 0 spiro atoms. The van der Waals surface area contributed by atoms with Crippen molar-refractivity contribution in [2.75, 3.05) is 0 Å². The molecule has 0 aliphatic carbocycles. The van der Waals surface area contributed by atoms with E-state index in [1.165, 1.54) is 11.1 Å². The van der Waals surface area contributed by atoms with E-state index in [9.17, 15) is 0 Å². The first kappa shape index (κ1) is 13.3. The SMILES string of the molecule is C=C.C=C/C=C\C(C=C)=C(C)C. The molecule has 0 heterocycles. The Bertz CT molecular complexity index is 188. The molecule has 0 nitrogen and oxygen atoms in total. The summed E-state index contributed by atoms with van der Waals surface area (Å²) in [7, 11) is 0. The van der Waals surface area contributed by atoms with Crippen LogP contribution in [0.15, 0.2) is 61.8 Å². The van der Waals surface area contributed by atoms with Gasteiger partial charge in [0, 0.05) is 0 Å². The third-order valence-corrected chi connectivity index (χ3v) is 1.21. The second-order valence-corrected chi connectivity index (χ2v) is 2.25. The lowest BCUT2D eigenvalue weighted by atomic mass is 10.1. The minimum Gasteiger partial charge on any atom is -0.106 e. The quantitative estimate of drug-likeness (QED) is 0.434. The van der Waals surface area contributed by atoms with Crippen molar-refractivity contribution in [2.45, 2.75) is 13.8 Å². The molecular formula is C12H18. The molecule has 0 radical (unpaired) electrons. The summed E-state index contributed by atoms with van der Waals surface area (Å²) in [5, 5.41) is 0. The topological polar surface area (TPSA) is 0 Å². The largest absolute Gasteiger partial charge is 0.106 e. The van der Waals surface area contributed by atoms with E-state index < -0.39 is 0 Å². The Morgan fingerprint density at radius 1 is 1.08 bits per heavy atom. The standard InChI is InChI=1S/C10H14.C2H4/c1-5-7-8-10(6-2)9(3)4;1-2/h5-8H,1-2H2,3-4H3;1-2H2/b8-7-;. The predicted molar refractivity (Wildman–Crippen MR) is 59.2 cm³/mol. The summed E-state index contributed by atoms with van der Waals surface area (Å²) in [6, 6.07) is 0. The molecule has 0 aliphatic heterocycles. The lowest BCUT2D eigenvalue weighted by Gasteiger charge is -1.94. The Morgan fingerprint density at radius 2 is 1.58 bits per heavy atom. The van der Waals surface area contributed by atoms with Gasteiger partial charge in [-0.05, 0) is 19.4 Å². The molecule has 0 aliphatic rings. The second kappa shape index (κ2) is 9.70. The highest BCUT2D eigenvalue weighted by molar-refractivity contribution is 5.34. The average molecular weight is 162 g/mol. The van der Waals surface area contributed by atoms with Gasteiger partial charge in [-0.1, -0.05) is 43.0 Å². The van der Waals surface area contributed by atoms with E-state index >= 15 is 0 Å². The monoisotopic (exact) mass is 162 g/mol. The first-order valence-electron chi connectivity index (χ1n) is 3.81. The predicted octanol–water partition coefficient (Wildman–Crippen LogP) is 4.05. The zero-order valence-electron chi connectivity index (χ0n) is 8.14. The maximum absolute atomic E-state index is 3.69. The first-order valence-corrected chi connectivity index (χ1v) is 3.81. The van der Waals surface area contributed by atoms with E-state index in [-0.39, 0.29) is 0 Å². The molecular weight excluding hydrogens is 144 g/mol. The highest BCUT2D eigenvalue weighted by Gasteiger charge is 1.84. The van der Waals surface area contributed by atoms with Gasteiger partial charge in [-0.2, -0.15) is 0 Å². The van der Waals surface area contributed by atoms with E-state index in [1.807, 2.05) is 18.2 Å². The van der Waals surface area contributed by atoms with Crippen molar-refractivity contribution < 1.29 is 0 Å². The van der Waals surface area contributed by atoms with E-state index in [2.05, 4.69) is 40.2 Å². The first-order chi connectivity index (χ1) is 5.72. The third kappa shape index (κ3) is 6.81. The Hall–Kier alpha value is -1.30. The molecule has 0 unspecified atom stereocenters. The molecule has 0 atom stereocenters. The summed E-state index contributed by atoms with van der Waals surface area (Å²) in [5.41, 5.74) is 2.44. The highest BCUT2D eigenvalue weighted by Crippen LogP contribution is 2.05. The molecule has 0 aromatic carbocycles. The number of allylic oxidation sites excluding steroid dienone is 6. The summed E-state index contributed by atoms with van der Waals surface area (Å²) < 4.78 is 0. The van der Waals surface area contributed by atoms with Crippen molar-refractivity contribution in [2.24, 2.45) is 0 Å². The van der Waals surface area contributed by atoms with Crippen LogP contribution < -0.4 is 0 Å². The summed E-state index contributed by atoms with van der Waals surface area (Å²) >= 11 is 0. The van der Waals surface area contributed by atoms with Gasteiger partial charge >= 0.3 is 0 Å². The summed E-state index contributed by atoms with van der Waals surface area (Å²) in [5.74, 6) is 0. The Morgan fingerprint density at radius 3 is 1.83 bits per heavy atom. The van der Waals surface area contributed by atoms with E-state index in [1.54, 1.807) is 6.08 Å². The lowest BCUT2D eigenvalue weighted by Crippen LogP contribution is -1.73. The normalized spacial score (nSPS) is 8.17. The van der Waals surface area contributed by atoms with Crippen molar-refractivity contribution in [1.82, 2.24) is 0 Å². The van der Waals surface area contributed by atoms with Crippen molar-refractivity contribution in [3.05, 3.63) is 61.8 Å². The van der Waals surface area contributed by atoms with Gasteiger partial charge in [-0.15, -0.1) is 13.2 Å². The van der Waals surface area contributed by atoms with Crippen LogP contribution in [-0.4, -0.2) is 0 Å². The molecule has 0 saturated carbocycles. The lowest BCUT2D eigenvalue weighted by molar-refractivity contribution is 1.34. The van der Waals surface area contributed by atoms with E-state index in [4.69, 9.17) is 0 Å². The molecule has 0 fully saturated rings. The molecule has 0 heteroatoms. The molecule has 0 bridgehead atoms. The highest BCUT2D eigenvalue weighted by atomic mass is 13.9. The third-order valence-electron chi connectivity index (χ3n) is 1.21. The van der Waals surface area contributed by atoms with Crippen molar-refractivity contribution in [1.29, 1.82) is 0 Å². The van der Waals surface area contributed by atoms with Crippen molar-refractivity contribution >= 4 is 0 Å². The average Bonchev–Trinajstić information content (AvgIpc) is 2.09.